The molecule has 0 amide bonds. The normalized spacial score (nSPS) is 15.6. The topological polar surface area (TPSA) is 22.9 Å². The van der Waals surface area contributed by atoms with Gasteiger partial charge in [0.2, 0.25) is 0 Å². The van der Waals surface area contributed by atoms with Gasteiger partial charge in [0.15, 0.2) is 0 Å². The largest absolute Gasteiger partial charge is 0.456 e. The highest BCUT2D eigenvalue weighted by Gasteiger charge is 2.45. The van der Waals surface area contributed by atoms with Gasteiger partial charge >= 0.3 is 0 Å². The van der Waals surface area contributed by atoms with Crippen LogP contribution in [0.15, 0.2) is 174 Å². The van der Waals surface area contributed by atoms with Crippen LogP contribution in [0.1, 0.15) is 83.6 Å². The third-order valence-electron chi connectivity index (χ3n) is 15.1. The fraction of sp³-hybridized carbons (Fsp3) is 0.213. The molecule has 0 N–H and O–H groups in total. The van der Waals surface area contributed by atoms with Crippen molar-refractivity contribution in [1.29, 1.82) is 0 Å². The molecule has 5 heteroatoms. The van der Waals surface area contributed by atoms with Gasteiger partial charge in [0, 0.05) is 50.9 Å². The number of nitrogens with zero attached hydrogens (tertiary/aromatic N) is 3. The molecule has 0 saturated heterocycles. The molecule has 324 valence electrons. The summed E-state index contributed by atoms with van der Waals surface area (Å²) in [4.78, 5) is 7.52. The summed E-state index contributed by atoms with van der Waals surface area (Å²) in [5, 5.41) is 2.24. The van der Waals surface area contributed by atoms with Gasteiger partial charge < -0.3 is 19.1 Å². The minimum absolute atomic E-state index is 0.00658. The standard InChI is InChI=1S/C61H56BN3O/c1-39-34-53-58-54(35-39)65(51-24-17-25-55-57(51)45-29-26-40(59(2,3)4)36-56(45)66-55)52-38-44(63(41-18-11-9-12-19-41)42-20-13-10-14-21-42)28-31-49(52)62(58)48-22-15-16-23-50(48)64(53)43-27-30-46-47(37-43)61(7,8)33-32-60(46,5)6/h9-31,34-38H,32-33H2,1-8H3. The predicted octanol–water partition coefficient (Wildman–Crippen LogP) is 15.1. The molecule has 3 heterocycles. The average molecular weight is 858 g/mol. The second-order valence-electron chi connectivity index (χ2n) is 21.3. The zero-order valence-corrected chi connectivity index (χ0v) is 39.4. The Morgan fingerprint density at radius 3 is 1.86 bits per heavy atom. The molecule has 1 aliphatic carbocycles. The third-order valence-corrected chi connectivity index (χ3v) is 15.1. The number of furan rings is 1. The first-order chi connectivity index (χ1) is 31.8. The molecule has 0 spiro atoms. The summed E-state index contributed by atoms with van der Waals surface area (Å²) in [6.07, 6.45) is 2.36. The summed E-state index contributed by atoms with van der Waals surface area (Å²) in [7, 11) is 0. The van der Waals surface area contributed by atoms with Crippen molar-refractivity contribution >= 4 is 96.2 Å². The van der Waals surface area contributed by atoms with E-state index in [2.05, 4.69) is 240 Å². The second-order valence-corrected chi connectivity index (χ2v) is 21.3. The van der Waals surface area contributed by atoms with E-state index < -0.39 is 0 Å². The molecule has 0 bridgehead atoms. The van der Waals surface area contributed by atoms with Gasteiger partial charge in [-0.25, -0.2) is 0 Å². The lowest BCUT2D eigenvalue weighted by Crippen LogP contribution is -2.61. The van der Waals surface area contributed by atoms with Crippen molar-refractivity contribution in [1.82, 2.24) is 0 Å². The van der Waals surface area contributed by atoms with Crippen molar-refractivity contribution in [3.05, 3.63) is 192 Å². The van der Waals surface area contributed by atoms with E-state index in [0.29, 0.717) is 0 Å². The SMILES string of the molecule is Cc1cc2c3c(c1)N(c1cccc4oc5cc(C(C)(C)C)ccc5c14)c1cc(N(c4ccccc4)c4ccccc4)ccc1B3c1ccccc1N2c1ccc2c(c1)C(C)(C)CCC2(C)C. The minimum atomic E-state index is -0.0105. The molecule has 0 unspecified atom stereocenters. The molecule has 66 heavy (non-hydrogen) atoms. The summed E-state index contributed by atoms with van der Waals surface area (Å²) in [6.45, 7) is 18.8. The van der Waals surface area contributed by atoms with Gasteiger partial charge in [-0.05, 0) is 160 Å². The molecule has 8 aromatic carbocycles. The fourth-order valence-corrected chi connectivity index (χ4v) is 11.5. The first-order valence-corrected chi connectivity index (χ1v) is 23.8. The van der Waals surface area contributed by atoms with Gasteiger partial charge in [-0.15, -0.1) is 0 Å². The molecule has 0 saturated carbocycles. The van der Waals surface area contributed by atoms with Gasteiger partial charge in [-0.2, -0.15) is 0 Å². The Kier molecular flexibility index (Phi) is 8.91. The second kappa shape index (κ2) is 14.5. The van der Waals surface area contributed by atoms with Crippen molar-refractivity contribution in [2.75, 3.05) is 14.7 Å². The van der Waals surface area contributed by atoms with Crippen molar-refractivity contribution in [2.24, 2.45) is 0 Å². The molecule has 2 aliphatic heterocycles. The van der Waals surface area contributed by atoms with E-state index in [0.717, 1.165) is 50.4 Å². The van der Waals surface area contributed by atoms with Crippen molar-refractivity contribution in [2.45, 2.75) is 84.5 Å². The van der Waals surface area contributed by atoms with Crippen molar-refractivity contribution in [3.8, 4) is 0 Å². The van der Waals surface area contributed by atoms with Crippen LogP contribution in [-0.4, -0.2) is 6.71 Å². The number of hydrogen-bond donors (Lipinski definition) is 0. The van der Waals surface area contributed by atoms with Crippen LogP contribution < -0.4 is 31.1 Å². The molecule has 1 aromatic heterocycles. The van der Waals surface area contributed by atoms with Crippen molar-refractivity contribution < 1.29 is 4.42 Å². The Morgan fingerprint density at radius 2 is 1.15 bits per heavy atom. The number of fused-ring (bicyclic) bond motifs is 8. The lowest BCUT2D eigenvalue weighted by atomic mass is 9.33. The molecule has 0 atom stereocenters. The molecule has 4 nitrogen and oxygen atoms in total. The Balaban J connectivity index is 1.15. The van der Waals surface area contributed by atoms with Gasteiger partial charge in [-0.1, -0.05) is 133 Å². The summed E-state index contributed by atoms with van der Waals surface area (Å²) in [5.41, 5.74) is 21.8. The van der Waals surface area contributed by atoms with Crippen LogP contribution in [0.3, 0.4) is 0 Å². The zero-order valence-electron chi connectivity index (χ0n) is 39.4. The summed E-state index contributed by atoms with van der Waals surface area (Å²) in [5.74, 6) is 0. The number of anilines is 9. The number of benzene rings is 8. The smallest absolute Gasteiger partial charge is 0.252 e. The first-order valence-electron chi connectivity index (χ1n) is 23.8. The summed E-state index contributed by atoms with van der Waals surface area (Å²) >= 11 is 0. The van der Waals surface area contributed by atoms with Crippen LogP contribution in [0.2, 0.25) is 0 Å². The lowest BCUT2D eigenvalue weighted by molar-refractivity contribution is 0.332. The van der Waals surface area contributed by atoms with E-state index in [4.69, 9.17) is 4.42 Å². The van der Waals surface area contributed by atoms with Gasteiger partial charge in [-0.3, -0.25) is 0 Å². The third kappa shape index (κ3) is 6.19. The van der Waals surface area contributed by atoms with E-state index in [1.54, 1.807) is 0 Å². The predicted molar refractivity (Wildman–Crippen MR) is 281 cm³/mol. The Morgan fingerprint density at radius 1 is 0.515 bits per heavy atom. The maximum Gasteiger partial charge on any atom is 0.252 e. The molecule has 9 aromatic rings. The Labute approximate surface area is 390 Å². The van der Waals surface area contributed by atoms with Crippen LogP contribution in [0.25, 0.3) is 21.9 Å². The van der Waals surface area contributed by atoms with Crippen LogP contribution in [0, 0.1) is 6.92 Å². The van der Waals surface area contributed by atoms with Gasteiger partial charge in [0.1, 0.15) is 11.2 Å². The number of aryl methyl sites for hydroxylation is 1. The highest BCUT2D eigenvalue weighted by atomic mass is 16.3. The monoisotopic (exact) mass is 857 g/mol. The lowest BCUT2D eigenvalue weighted by Gasteiger charge is -2.46. The van der Waals surface area contributed by atoms with Crippen LogP contribution >= 0.6 is 0 Å². The molecule has 3 aliphatic rings. The summed E-state index contributed by atoms with van der Waals surface area (Å²) in [6, 6.07) is 63.5. The quantitative estimate of drug-likeness (QED) is 0.161. The van der Waals surface area contributed by atoms with E-state index in [9.17, 15) is 0 Å². The zero-order chi connectivity index (χ0) is 45.3. The minimum Gasteiger partial charge on any atom is -0.456 e. The van der Waals surface area contributed by atoms with E-state index in [1.807, 2.05) is 0 Å². The maximum atomic E-state index is 6.83. The maximum absolute atomic E-state index is 6.83. The van der Waals surface area contributed by atoms with E-state index >= 15 is 0 Å². The number of hydrogen-bond acceptors (Lipinski definition) is 4. The van der Waals surface area contributed by atoms with E-state index in [-0.39, 0.29) is 23.0 Å². The summed E-state index contributed by atoms with van der Waals surface area (Å²) < 4.78 is 6.83. The van der Waals surface area contributed by atoms with Gasteiger partial charge in [0.05, 0.1) is 11.1 Å². The van der Waals surface area contributed by atoms with Crippen LogP contribution in [0.4, 0.5) is 51.2 Å². The Bertz CT molecular complexity index is 3360. The van der Waals surface area contributed by atoms with E-state index in [1.165, 1.54) is 74.2 Å². The highest BCUT2D eigenvalue weighted by molar-refractivity contribution is 7.00. The van der Waals surface area contributed by atoms with Gasteiger partial charge in [0.25, 0.3) is 6.71 Å². The average Bonchev–Trinajstić information content (AvgIpc) is 3.69. The first kappa shape index (κ1) is 40.5. The fourth-order valence-electron chi connectivity index (χ4n) is 11.5. The van der Waals surface area contributed by atoms with Crippen molar-refractivity contribution in [3.63, 3.8) is 0 Å². The highest BCUT2D eigenvalue weighted by Crippen LogP contribution is 2.51. The molecule has 0 fully saturated rings. The Hall–Kier alpha value is -6.98. The number of rotatable bonds is 5. The molecule has 12 rings (SSSR count). The molecular formula is C61H56BN3O. The van der Waals surface area contributed by atoms with Crippen LogP contribution in [0.5, 0.6) is 0 Å². The molecular weight excluding hydrogens is 802 g/mol. The molecule has 0 radical (unpaired) electrons. The number of para-hydroxylation sites is 3. The van der Waals surface area contributed by atoms with Crippen LogP contribution in [-0.2, 0) is 16.2 Å².